The molecule has 2 aliphatic heterocycles. The highest BCUT2D eigenvalue weighted by atomic mass is 16.7. The van der Waals surface area contributed by atoms with E-state index >= 15 is 0 Å². The number of ketones is 1. The van der Waals surface area contributed by atoms with E-state index in [0.717, 1.165) is 0 Å². The van der Waals surface area contributed by atoms with Crippen molar-refractivity contribution in [3.8, 4) is 0 Å². The summed E-state index contributed by atoms with van der Waals surface area (Å²) in [5, 5.41) is 0. The molecule has 0 radical (unpaired) electrons. The van der Waals surface area contributed by atoms with Gasteiger partial charge in [0.2, 0.25) is 6.29 Å². The first kappa shape index (κ1) is 22.2. The van der Waals surface area contributed by atoms with Gasteiger partial charge in [0.05, 0.1) is 25.7 Å². The van der Waals surface area contributed by atoms with Crippen molar-refractivity contribution in [2.24, 2.45) is 22.7 Å². The van der Waals surface area contributed by atoms with Crippen molar-refractivity contribution >= 4 is 23.7 Å². The summed E-state index contributed by atoms with van der Waals surface area (Å²) in [5.74, 6) is -3.98. The molecular weight excluding hydrogens is 408 g/mol. The molecule has 0 unspecified atom stereocenters. The molecule has 9 heteroatoms. The highest BCUT2D eigenvalue weighted by Gasteiger charge is 2.89. The number of rotatable bonds is 4. The Hall–Kier alpha value is -2.00. The lowest BCUT2D eigenvalue weighted by atomic mass is 9.48. The summed E-state index contributed by atoms with van der Waals surface area (Å²) >= 11 is 0. The summed E-state index contributed by atoms with van der Waals surface area (Å²) in [7, 11) is 0. The first-order valence-corrected chi connectivity index (χ1v) is 10.9. The van der Waals surface area contributed by atoms with E-state index in [1.165, 1.54) is 0 Å². The van der Waals surface area contributed by atoms with Gasteiger partial charge in [0.15, 0.2) is 5.41 Å². The molecule has 5 atom stereocenters. The molecular formula is C22H30O9. The molecule has 9 nitrogen and oxygen atoms in total. The van der Waals surface area contributed by atoms with E-state index in [9.17, 15) is 19.2 Å². The first-order chi connectivity index (χ1) is 14.5. The summed E-state index contributed by atoms with van der Waals surface area (Å²) < 4.78 is 28.7. The van der Waals surface area contributed by atoms with E-state index in [1.807, 2.05) is 20.8 Å². The Bertz CT molecular complexity index is 809. The maximum atomic E-state index is 13.2. The highest BCUT2D eigenvalue weighted by molar-refractivity contribution is 6.03. The van der Waals surface area contributed by atoms with Gasteiger partial charge in [0, 0.05) is 24.7 Å². The average Bonchev–Trinajstić information content (AvgIpc) is 2.86. The standard InChI is InChI=1S/C22H30O9/c1-6-27-16(25)20(17(26)28-7-2)10-21-13(12(23)8-9-29-21)14-15(24)30-18(19(3,4)5)31-22(14,21)11-20/h13-14,18H,6-11H2,1-5H3/t13-,14-,18-,21-,22+/m0/s1. The minimum Gasteiger partial charge on any atom is -0.465 e. The molecule has 0 bridgehead atoms. The number of esters is 3. The molecule has 0 N–H and O–H groups in total. The Balaban J connectivity index is 1.86. The maximum absolute atomic E-state index is 13.2. The van der Waals surface area contributed by atoms with Crippen LogP contribution in [0.5, 0.6) is 0 Å². The lowest BCUT2D eigenvalue weighted by molar-refractivity contribution is -0.389. The second kappa shape index (κ2) is 7.00. The summed E-state index contributed by atoms with van der Waals surface area (Å²) in [6.07, 6.45) is -1.06. The fourth-order valence-electron chi connectivity index (χ4n) is 5.84. The number of Topliss-reactive ketones (excluding diaryl/α,β-unsaturated/α-hetero) is 1. The van der Waals surface area contributed by atoms with Crippen molar-refractivity contribution in [3.05, 3.63) is 0 Å². The number of hydrogen-bond acceptors (Lipinski definition) is 9. The second-order valence-corrected chi connectivity index (χ2v) is 9.93. The van der Waals surface area contributed by atoms with Gasteiger partial charge < -0.3 is 23.7 Å². The van der Waals surface area contributed by atoms with Crippen LogP contribution < -0.4 is 0 Å². The zero-order valence-electron chi connectivity index (χ0n) is 18.6. The molecule has 4 rings (SSSR count). The van der Waals surface area contributed by atoms with Gasteiger partial charge in [-0.3, -0.25) is 19.2 Å². The molecule has 0 aromatic carbocycles. The van der Waals surface area contributed by atoms with E-state index in [0.29, 0.717) is 0 Å². The van der Waals surface area contributed by atoms with E-state index in [2.05, 4.69) is 0 Å². The summed E-state index contributed by atoms with van der Waals surface area (Å²) in [6, 6.07) is 0. The Morgan fingerprint density at radius 3 is 2.13 bits per heavy atom. The minimum absolute atomic E-state index is 0.0696. The van der Waals surface area contributed by atoms with Crippen molar-refractivity contribution in [2.75, 3.05) is 19.8 Å². The second-order valence-electron chi connectivity index (χ2n) is 9.93. The summed E-state index contributed by atoms with van der Waals surface area (Å²) in [6.45, 7) is 9.13. The Labute approximate surface area is 181 Å². The Morgan fingerprint density at radius 2 is 1.58 bits per heavy atom. The summed E-state index contributed by atoms with van der Waals surface area (Å²) in [4.78, 5) is 52.3. The topological polar surface area (TPSA) is 114 Å². The van der Waals surface area contributed by atoms with Crippen LogP contribution in [0.4, 0.5) is 0 Å². The lowest BCUT2D eigenvalue weighted by Crippen LogP contribution is -2.82. The van der Waals surface area contributed by atoms with Crippen LogP contribution >= 0.6 is 0 Å². The van der Waals surface area contributed by atoms with Crippen LogP contribution in [-0.4, -0.2) is 61.0 Å². The van der Waals surface area contributed by atoms with Gasteiger partial charge in [-0.05, 0) is 13.8 Å². The van der Waals surface area contributed by atoms with Crippen LogP contribution in [0.2, 0.25) is 0 Å². The molecule has 4 fully saturated rings. The molecule has 4 aliphatic rings. The number of carbonyl (C=O) groups is 4. The van der Waals surface area contributed by atoms with Crippen molar-refractivity contribution in [2.45, 2.75) is 71.4 Å². The van der Waals surface area contributed by atoms with Gasteiger partial charge in [0.1, 0.15) is 22.9 Å². The Kier molecular flexibility index (Phi) is 5.01. The van der Waals surface area contributed by atoms with Crippen LogP contribution in [0.15, 0.2) is 0 Å². The van der Waals surface area contributed by atoms with Crippen LogP contribution in [0, 0.1) is 22.7 Å². The van der Waals surface area contributed by atoms with Gasteiger partial charge in [-0.1, -0.05) is 20.8 Å². The predicted molar refractivity (Wildman–Crippen MR) is 103 cm³/mol. The van der Waals surface area contributed by atoms with Crippen molar-refractivity contribution < 1.29 is 42.9 Å². The number of carbonyl (C=O) groups excluding carboxylic acids is 4. The van der Waals surface area contributed by atoms with Gasteiger partial charge in [-0.2, -0.15) is 0 Å². The fraction of sp³-hybridized carbons (Fsp3) is 0.818. The van der Waals surface area contributed by atoms with Gasteiger partial charge in [-0.15, -0.1) is 0 Å². The zero-order chi connectivity index (χ0) is 22.8. The smallest absolute Gasteiger partial charge is 0.323 e. The molecule has 0 aromatic rings. The fourth-order valence-corrected chi connectivity index (χ4v) is 5.84. The number of hydrogen-bond donors (Lipinski definition) is 0. The quantitative estimate of drug-likeness (QED) is 0.366. The zero-order valence-corrected chi connectivity index (χ0v) is 18.6. The third-order valence-electron chi connectivity index (χ3n) is 7.07. The SMILES string of the molecule is CCOC(=O)C1(C(=O)OCC)C[C@]23OCCC(=O)[C@H]2[C@H]2C(=O)O[C@H](C(C)(C)C)O[C@]23C1. The molecule has 0 amide bonds. The molecule has 2 saturated heterocycles. The predicted octanol–water partition coefficient (Wildman–Crippen LogP) is 1.55. The van der Waals surface area contributed by atoms with E-state index < -0.39 is 58.1 Å². The monoisotopic (exact) mass is 438 g/mol. The first-order valence-electron chi connectivity index (χ1n) is 10.9. The van der Waals surface area contributed by atoms with Crippen molar-refractivity contribution in [3.63, 3.8) is 0 Å². The van der Waals surface area contributed by atoms with Gasteiger partial charge >= 0.3 is 17.9 Å². The highest BCUT2D eigenvalue weighted by Crippen LogP contribution is 2.73. The third kappa shape index (κ3) is 2.75. The maximum Gasteiger partial charge on any atom is 0.323 e. The molecule has 0 aromatic heterocycles. The summed E-state index contributed by atoms with van der Waals surface area (Å²) in [5.41, 5.74) is -4.92. The lowest BCUT2D eigenvalue weighted by Gasteiger charge is -2.67. The van der Waals surface area contributed by atoms with Crippen LogP contribution in [0.25, 0.3) is 0 Å². The Morgan fingerprint density at radius 1 is 1.00 bits per heavy atom. The molecule has 2 heterocycles. The van der Waals surface area contributed by atoms with Gasteiger partial charge in [0.25, 0.3) is 0 Å². The average molecular weight is 438 g/mol. The molecule has 2 aliphatic carbocycles. The van der Waals surface area contributed by atoms with Crippen LogP contribution in [-0.2, 0) is 42.9 Å². The third-order valence-corrected chi connectivity index (χ3v) is 7.07. The largest absolute Gasteiger partial charge is 0.465 e. The van der Waals surface area contributed by atoms with Crippen LogP contribution in [0.3, 0.4) is 0 Å². The van der Waals surface area contributed by atoms with E-state index in [1.54, 1.807) is 13.8 Å². The number of ether oxygens (including phenoxy) is 5. The van der Waals surface area contributed by atoms with Crippen molar-refractivity contribution in [1.82, 2.24) is 0 Å². The minimum atomic E-state index is -1.73. The van der Waals surface area contributed by atoms with Crippen LogP contribution in [0.1, 0.15) is 53.9 Å². The molecule has 2 spiro atoms. The van der Waals surface area contributed by atoms with E-state index in [4.69, 9.17) is 23.7 Å². The normalized spacial score (nSPS) is 38.2. The van der Waals surface area contributed by atoms with Crippen molar-refractivity contribution in [1.29, 1.82) is 0 Å². The van der Waals surface area contributed by atoms with Gasteiger partial charge in [-0.25, -0.2) is 0 Å². The number of fused-ring (bicyclic) bond motifs is 1. The molecule has 172 valence electrons. The molecule has 2 saturated carbocycles. The van der Waals surface area contributed by atoms with E-state index in [-0.39, 0.29) is 44.9 Å². The number of cyclic esters (lactones) is 1. The molecule has 31 heavy (non-hydrogen) atoms.